The Morgan fingerprint density at radius 2 is 1.81 bits per heavy atom. The molecule has 0 spiro atoms. The molecule has 0 heterocycles. The van der Waals surface area contributed by atoms with Crippen LogP contribution >= 0.6 is 0 Å². The van der Waals surface area contributed by atoms with Crippen LogP contribution in [-0.2, 0) is 0 Å². The minimum Gasteiger partial charge on any atom is -0.497 e. The maximum atomic E-state index is 12.5. The number of methoxy groups -OCH3 is 2. The summed E-state index contributed by atoms with van der Waals surface area (Å²) in [6.07, 6.45) is 0. The fraction of sp³-hybridized carbons (Fsp3) is 0.235. The van der Waals surface area contributed by atoms with Crippen LogP contribution in [0.2, 0.25) is 0 Å². The Balaban J connectivity index is 2.28. The molecule has 1 amide bonds. The van der Waals surface area contributed by atoms with Gasteiger partial charge in [0.2, 0.25) is 0 Å². The van der Waals surface area contributed by atoms with E-state index in [2.05, 4.69) is 0 Å². The highest BCUT2D eigenvalue weighted by molar-refractivity contribution is 6.06. The molecule has 0 saturated heterocycles. The van der Waals surface area contributed by atoms with Crippen LogP contribution in [0.15, 0.2) is 42.5 Å². The Morgan fingerprint density at radius 3 is 2.43 bits per heavy atom. The van der Waals surface area contributed by atoms with Crippen LogP contribution < -0.4 is 14.4 Å². The molecule has 2 aromatic rings. The average Bonchev–Trinajstić information content (AvgIpc) is 2.53. The second-order valence-corrected chi connectivity index (χ2v) is 4.75. The van der Waals surface area contributed by atoms with Gasteiger partial charge in [-0.1, -0.05) is 6.07 Å². The van der Waals surface area contributed by atoms with E-state index < -0.39 is 0 Å². The van der Waals surface area contributed by atoms with Crippen LogP contribution in [0.3, 0.4) is 0 Å². The molecule has 0 unspecified atom stereocenters. The number of hydrogen-bond donors (Lipinski definition) is 0. The van der Waals surface area contributed by atoms with E-state index in [1.165, 1.54) is 0 Å². The van der Waals surface area contributed by atoms with Crippen LogP contribution in [0, 0.1) is 6.92 Å². The predicted molar refractivity (Wildman–Crippen MR) is 83.5 cm³/mol. The molecule has 0 aromatic heterocycles. The molecule has 4 heteroatoms. The van der Waals surface area contributed by atoms with Crippen molar-refractivity contribution in [2.75, 3.05) is 26.2 Å². The molecular weight excluding hydrogens is 266 g/mol. The molecule has 0 bridgehead atoms. The number of amides is 1. The van der Waals surface area contributed by atoms with Crippen LogP contribution in [0.4, 0.5) is 5.69 Å². The molecule has 4 nitrogen and oxygen atoms in total. The van der Waals surface area contributed by atoms with E-state index in [0.29, 0.717) is 5.56 Å². The van der Waals surface area contributed by atoms with Crippen molar-refractivity contribution in [3.8, 4) is 11.5 Å². The van der Waals surface area contributed by atoms with Gasteiger partial charge in [0, 0.05) is 24.4 Å². The van der Waals surface area contributed by atoms with Crippen LogP contribution in [0.1, 0.15) is 15.9 Å². The Morgan fingerprint density at radius 1 is 1.05 bits per heavy atom. The summed E-state index contributed by atoms with van der Waals surface area (Å²) in [5, 5.41) is 0. The fourth-order valence-corrected chi connectivity index (χ4v) is 2.14. The van der Waals surface area contributed by atoms with Gasteiger partial charge in [-0.25, -0.2) is 0 Å². The molecule has 2 aromatic carbocycles. The zero-order valence-corrected chi connectivity index (χ0v) is 12.7. The minimum atomic E-state index is -0.0750. The zero-order valence-electron chi connectivity index (χ0n) is 12.7. The summed E-state index contributed by atoms with van der Waals surface area (Å²) >= 11 is 0. The lowest BCUT2D eigenvalue weighted by Gasteiger charge is -2.18. The van der Waals surface area contributed by atoms with Crippen LogP contribution in [-0.4, -0.2) is 27.2 Å². The second kappa shape index (κ2) is 6.31. The molecule has 0 saturated carbocycles. The largest absolute Gasteiger partial charge is 0.497 e. The monoisotopic (exact) mass is 285 g/mol. The third-order valence-electron chi connectivity index (χ3n) is 3.39. The highest BCUT2D eigenvalue weighted by Crippen LogP contribution is 2.23. The van der Waals surface area contributed by atoms with Crippen molar-refractivity contribution in [1.29, 1.82) is 0 Å². The lowest BCUT2D eigenvalue weighted by atomic mass is 10.1. The third kappa shape index (κ3) is 3.16. The first-order valence-electron chi connectivity index (χ1n) is 6.63. The second-order valence-electron chi connectivity index (χ2n) is 4.75. The van der Waals surface area contributed by atoms with Gasteiger partial charge in [-0.05, 0) is 42.8 Å². The predicted octanol–water partition coefficient (Wildman–Crippen LogP) is 3.29. The van der Waals surface area contributed by atoms with E-state index in [0.717, 1.165) is 22.7 Å². The molecule has 0 aliphatic rings. The summed E-state index contributed by atoms with van der Waals surface area (Å²) in [4.78, 5) is 14.1. The van der Waals surface area contributed by atoms with Gasteiger partial charge in [-0.15, -0.1) is 0 Å². The summed E-state index contributed by atoms with van der Waals surface area (Å²) in [5.74, 6) is 1.42. The Labute approximate surface area is 124 Å². The lowest BCUT2D eigenvalue weighted by molar-refractivity contribution is 0.0993. The smallest absolute Gasteiger partial charge is 0.258 e. The number of nitrogens with zero attached hydrogens (tertiary/aromatic N) is 1. The molecule has 21 heavy (non-hydrogen) atoms. The molecule has 0 radical (unpaired) electrons. The number of ether oxygens (including phenoxy) is 2. The van der Waals surface area contributed by atoms with Gasteiger partial charge in [-0.3, -0.25) is 4.79 Å². The molecule has 110 valence electrons. The standard InChI is InChI=1S/C17H19NO3/c1-12-10-13(8-9-16(12)21-4)17(19)18(2)14-6-5-7-15(11-14)20-3/h5-11H,1-4H3. The van der Waals surface area contributed by atoms with Crippen molar-refractivity contribution in [1.82, 2.24) is 0 Å². The molecule has 0 aliphatic heterocycles. The summed E-state index contributed by atoms with van der Waals surface area (Å²) in [6.45, 7) is 1.92. The van der Waals surface area contributed by atoms with E-state index in [4.69, 9.17) is 9.47 Å². The van der Waals surface area contributed by atoms with Crippen molar-refractivity contribution < 1.29 is 14.3 Å². The number of rotatable bonds is 4. The van der Waals surface area contributed by atoms with E-state index in [1.807, 2.05) is 43.3 Å². The molecular formula is C17H19NO3. The van der Waals surface area contributed by atoms with Crippen molar-refractivity contribution in [3.63, 3.8) is 0 Å². The Hall–Kier alpha value is -2.49. The Bertz CT molecular complexity index is 652. The highest BCUT2D eigenvalue weighted by atomic mass is 16.5. The minimum absolute atomic E-state index is 0.0750. The van der Waals surface area contributed by atoms with Crippen molar-refractivity contribution in [2.24, 2.45) is 0 Å². The normalized spacial score (nSPS) is 10.1. The van der Waals surface area contributed by atoms with Gasteiger partial charge in [-0.2, -0.15) is 0 Å². The van der Waals surface area contributed by atoms with Gasteiger partial charge in [0.05, 0.1) is 14.2 Å². The molecule has 0 aliphatic carbocycles. The number of benzene rings is 2. The first-order valence-corrected chi connectivity index (χ1v) is 6.63. The summed E-state index contributed by atoms with van der Waals surface area (Å²) in [6, 6.07) is 12.8. The van der Waals surface area contributed by atoms with Crippen LogP contribution in [0.25, 0.3) is 0 Å². The summed E-state index contributed by atoms with van der Waals surface area (Å²) in [7, 11) is 4.97. The van der Waals surface area contributed by atoms with Gasteiger partial charge in [0.25, 0.3) is 5.91 Å². The maximum absolute atomic E-state index is 12.5. The number of aryl methyl sites for hydroxylation is 1. The van der Waals surface area contributed by atoms with Crippen molar-refractivity contribution >= 4 is 11.6 Å². The SMILES string of the molecule is COc1cccc(N(C)C(=O)c2ccc(OC)c(C)c2)c1. The zero-order chi connectivity index (χ0) is 15.4. The Kier molecular flexibility index (Phi) is 4.48. The first-order chi connectivity index (χ1) is 10.1. The quantitative estimate of drug-likeness (QED) is 0.865. The van der Waals surface area contributed by atoms with Gasteiger partial charge < -0.3 is 14.4 Å². The molecule has 0 atom stereocenters. The summed E-state index contributed by atoms with van der Waals surface area (Å²) < 4.78 is 10.4. The van der Waals surface area contributed by atoms with Crippen molar-refractivity contribution in [2.45, 2.75) is 6.92 Å². The number of carbonyl (C=O) groups excluding carboxylic acids is 1. The highest BCUT2D eigenvalue weighted by Gasteiger charge is 2.15. The van der Waals surface area contributed by atoms with Crippen LogP contribution in [0.5, 0.6) is 11.5 Å². The summed E-state index contributed by atoms with van der Waals surface area (Å²) in [5.41, 5.74) is 2.34. The van der Waals surface area contributed by atoms with E-state index >= 15 is 0 Å². The van der Waals surface area contributed by atoms with E-state index in [-0.39, 0.29) is 5.91 Å². The number of anilines is 1. The lowest BCUT2D eigenvalue weighted by Crippen LogP contribution is -2.26. The third-order valence-corrected chi connectivity index (χ3v) is 3.39. The number of hydrogen-bond acceptors (Lipinski definition) is 3. The molecule has 0 N–H and O–H groups in total. The maximum Gasteiger partial charge on any atom is 0.258 e. The number of carbonyl (C=O) groups is 1. The molecule has 0 fully saturated rings. The van der Waals surface area contributed by atoms with Crippen molar-refractivity contribution in [3.05, 3.63) is 53.6 Å². The molecule has 2 rings (SSSR count). The van der Waals surface area contributed by atoms with E-state index in [1.54, 1.807) is 32.2 Å². The first kappa shape index (κ1) is 14.9. The average molecular weight is 285 g/mol. The van der Waals surface area contributed by atoms with Gasteiger partial charge in [0.1, 0.15) is 11.5 Å². The van der Waals surface area contributed by atoms with Gasteiger partial charge >= 0.3 is 0 Å². The topological polar surface area (TPSA) is 38.8 Å². The van der Waals surface area contributed by atoms with E-state index in [9.17, 15) is 4.79 Å². The fourth-order valence-electron chi connectivity index (χ4n) is 2.14. The van der Waals surface area contributed by atoms with Gasteiger partial charge in [0.15, 0.2) is 0 Å².